The fraction of sp³-hybridized carbons (Fsp3) is 0.387. The number of thiophene rings is 1. The third-order valence-electron chi connectivity index (χ3n) is 8.02. The Kier molecular flexibility index (Phi) is 8.14. The Morgan fingerprint density at radius 2 is 2.00 bits per heavy atom. The molecule has 6 nitrogen and oxygen atoms in total. The number of aryl methyl sites for hydroxylation is 1. The van der Waals surface area contributed by atoms with Crippen LogP contribution in [0.2, 0.25) is 0 Å². The highest BCUT2D eigenvalue weighted by Gasteiger charge is 2.34. The normalized spacial score (nSPS) is 15.2. The van der Waals surface area contributed by atoms with Crippen molar-refractivity contribution in [2.45, 2.75) is 58.2 Å². The molecule has 39 heavy (non-hydrogen) atoms. The lowest BCUT2D eigenvalue weighted by molar-refractivity contribution is -0.113. The lowest BCUT2D eigenvalue weighted by Gasteiger charge is -2.36. The van der Waals surface area contributed by atoms with E-state index in [1.165, 1.54) is 22.2 Å². The lowest BCUT2D eigenvalue weighted by atomic mass is 9.70. The summed E-state index contributed by atoms with van der Waals surface area (Å²) in [5.41, 5.74) is 3.14. The highest BCUT2D eigenvalue weighted by atomic mass is 32.2. The maximum absolute atomic E-state index is 14.0. The van der Waals surface area contributed by atoms with Gasteiger partial charge in [0.2, 0.25) is 5.91 Å². The van der Waals surface area contributed by atoms with Crippen LogP contribution in [0.15, 0.2) is 64.5 Å². The monoisotopic (exact) mass is 561 g/mol. The Balaban J connectivity index is 1.47. The van der Waals surface area contributed by atoms with Crippen molar-refractivity contribution < 1.29 is 9.53 Å². The summed E-state index contributed by atoms with van der Waals surface area (Å²) in [6.45, 7) is 7.38. The Bertz CT molecular complexity index is 1540. The van der Waals surface area contributed by atoms with E-state index in [1.807, 2.05) is 48.5 Å². The highest BCUT2D eigenvalue weighted by Crippen LogP contribution is 2.44. The largest absolute Gasteiger partial charge is 0.497 e. The number of nitrogens with zero attached hydrogens (tertiary/aromatic N) is 2. The van der Waals surface area contributed by atoms with Gasteiger partial charge < -0.3 is 10.1 Å². The van der Waals surface area contributed by atoms with E-state index in [4.69, 9.17) is 9.72 Å². The summed E-state index contributed by atoms with van der Waals surface area (Å²) in [6, 6.07) is 17.2. The van der Waals surface area contributed by atoms with E-state index in [2.05, 4.69) is 26.1 Å². The number of aromatic nitrogens is 2. The van der Waals surface area contributed by atoms with Crippen LogP contribution in [-0.2, 0) is 24.2 Å². The van der Waals surface area contributed by atoms with Crippen molar-refractivity contribution in [3.63, 3.8) is 0 Å². The Morgan fingerprint density at radius 1 is 1.21 bits per heavy atom. The van der Waals surface area contributed by atoms with Gasteiger partial charge in [-0.05, 0) is 53.9 Å². The van der Waals surface area contributed by atoms with Gasteiger partial charge in [0.25, 0.3) is 5.56 Å². The second kappa shape index (κ2) is 11.6. The third-order valence-corrected chi connectivity index (χ3v) is 10.1. The minimum absolute atomic E-state index is 0.00902. The number of thioether (sulfide) groups is 1. The number of hydrogen-bond donors (Lipinski definition) is 1. The molecule has 0 saturated carbocycles. The minimum Gasteiger partial charge on any atom is -0.497 e. The molecule has 8 heteroatoms. The summed E-state index contributed by atoms with van der Waals surface area (Å²) in [4.78, 5) is 34.0. The molecule has 2 aromatic heterocycles. The molecule has 0 unspecified atom stereocenters. The molecule has 5 rings (SSSR count). The maximum atomic E-state index is 14.0. The highest BCUT2D eigenvalue weighted by molar-refractivity contribution is 7.99. The van der Waals surface area contributed by atoms with E-state index in [-0.39, 0.29) is 22.6 Å². The average molecular weight is 562 g/mol. The first-order valence-electron chi connectivity index (χ1n) is 13.4. The molecule has 1 amide bonds. The maximum Gasteiger partial charge on any atom is 0.263 e. The molecule has 0 spiro atoms. The minimum atomic E-state index is -0.163. The van der Waals surface area contributed by atoms with Crippen molar-refractivity contribution in [1.82, 2.24) is 9.55 Å². The molecule has 0 radical (unpaired) electrons. The van der Waals surface area contributed by atoms with E-state index in [0.29, 0.717) is 29.1 Å². The van der Waals surface area contributed by atoms with Gasteiger partial charge in [0.05, 0.1) is 24.8 Å². The zero-order chi connectivity index (χ0) is 27.6. The number of hydrogen-bond acceptors (Lipinski definition) is 6. The molecule has 0 saturated heterocycles. The van der Waals surface area contributed by atoms with Crippen LogP contribution < -0.4 is 15.6 Å². The summed E-state index contributed by atoms with van der Waals surface area (Å²) in [5.74, 6) is 1.25. The number of fused-ring (bicyclic) bond motifs is 3. The number of anilines is 1. The van der Waals surface area contributed by atoms with Crippen LogP contribution in [0.3, 0.4) is 0 Å². The SMILES string of the molecule is CCC(C)(C)[C@@H]1CCc2c(sc3nc(SCC(=O)Nc4cccc(OC)c4)n(Cc4ccccc4)c(=O)c23)C1. The number of benzene rings is 2. The number of carbonyl (C=O) groups is 1. The number of methoxy groups -OCH3 is 1. The number of carbonyl (C=O) groups excluding carboxylic acids is 1. The van der Waals surface area contributed by atoms with E-state index in [0.717, 1.165) is 41.5 Å². The van der Waals surface area contributed by atoms with Gasteiger partial charge in [0.1, 0.15) is 10.6 Å². The van der Waals surface area contributed by atoms with E-state index >= 15 is 0 Å². The van der Waals surface area contributed by atoms with Crippen molar-refractivity contribution in [1.29, 1.82) is 0 Å². The zero-order valence-electron chi connectivity index (χ0n) is 23.0. The molecule has 1 N–H and O–H groups in total. The summed E-state index contributed by atoms with van der Waals surface area (Å²) < 4.78 is 7.00. The van der Waals surface area contributed by atoms with Gasteiger partial charge in [-0.3, -0.25) is 14.2 Å². The molecule has 1 atom stereocenters. The molecular formula is C31H35N3O3S2. The molecule has 0 bridgehead atoms. The molecule has 1 aliphatic carbocycles. The first kappa shape index (κ1) is 27.5. The summed E-state index contributed by atoms with van der Waals surface area (Å²) in [6.07, 6.45) is 4.15. The number of rotatable bonds is 9. The molecular weight excluding hydrogens is 526 g/mol. The smallest absolute Gasteiger partial charge is 0.263 e. The van der Waals surface area contributed by atoms with Crippen molar-refractivity contribution in [2.75, 3.05) is 18.2 Å². The standard InChI is InChI=1S/C31H35N3O3S2/c1-5-31(2,3)21-14-15-24-25(16-21)39-28-27(24)29(36)34(18-20-10-7-6-8-11-20)30(33-28)38-19-26(35)32-22-12-9-13-23(17-22)37-4/h6-13,17,21H,5,14-16,18-19H2,1-4H3,(H,32,35)/t21-/m1/s1. The molecule has 1 aliphatic rings. The van der Waals surface area contributed by atoms with Gasteiger partial charge >= 0.3 is 0 Å². The predicted molar refractivity (Wildman–Crippen MR) is 161 cm³/mol. The van der Waals surface area contributed by atoms with E-state index in [9.17, 15) is 9.59 Å². The Hall–Kier alpha value is -3.10. The van der Waals surface area contributed by atoms with Crippen LogP contribution in [0, 0.1) is 11.3 Å². The second-order valence-electron chi connectivity index (χ2n) is 10.8. The van der Waals surface area contributed by atoms with Gasteiger partial charge in [0, 0.05) is 16.6 Å². The number of ether oxygens (including phenoxy) is 1. The van der Waals surface area contributed by atoms with E-state index in [1.54, 1.807) is 29.1 Å². The van der Waals surface area contributed by atoms with Gasteiger partial charge in [-0.15, -0.1) is 11.3 Å². The topological polar surface area (TPSA) is 73.2 Å². The molecule has 0 aliphatic heterocycles. The average Bonchev–Trinajstić information content (AvgIpc) is 3.32. The summed E-state index contributed by atoms with van der Waals surface area (Å²) in [7, 11) is 1.60. The fourth-order valence-electron chi connectivity index (χ4n) is 5.24. The molecule has 2 aromatic carbocycles. The quantitative estimate of drug-likeness (QED) is 0.180. The first-order chi connectivity index (χ1) is 18.8. The van der Waals surface area contributed by atoms with E-state index < -0.39 is 0 Å². The van der Waals surface area contributed by atoms with Gasteiger partial charge in [-0.1, -0.05) is 75.4 Å². The fourth-order valence-corrected chi connectivity index (χ4v) is 7.38. The summed E-state index contributed by atoms with van der Waals surface area (Å²) in [5, 5.41) is 4.26. The second-order valence-corrected chi connectivity index (χ2v) is 12.8. The van der Waals surface area contributed by atoms with Crippen molar-refractivity contribution >= 4 is 44.9 Å². The first-order valence-corrected chi connectivity index (χ1v) is 15.2. The van der Waals surface area contributed by atoms with Crippen LogP contribution in [0.25, 0.3) is 10.2 Å². The lowest BCUT2D eigenvalue weighted by Crippen LogP contribution is -2.29. The Labute approximate surface area is 237 Å². The summed E-state index contributed by atoms with van der Waals surface area (Å²) >= 11 is 2.96. The van der Waals surface area contributed by atoms with Gasteiger partial charge in [0.15, 0.2) is 5.16 Å². The molecule has 204 valence electrons. The Morgan fingerprint density at radius 3 is 2.74 bits per heavy atom. The van der Waals surface area contributed by atoms with Gasteiger partial charge in [-0.2, -0.15) is 0 Å². The van der Waals surface area contributed by atoms with Crippen LogP contribution in [-0.4, -0.2) is 28.3 Å². The number of amides is 1. The molecule has 4 aromatic rings. The van der Waals surface area contributed by atoms with Crippen LogP contribution in [0.4, 0.5) is 5.69 Å². The van der Waals surface area contributed by atoms with Crippen LogP contribution >= 0.6 is 23.1 Å². The van der Waals surface area contributed by atoms with Crippen LogP contribution in [0.1, 0.15) is 49.6 Å². The molecule has 0 fully saturated rings. The van der Waals surface area contributed by atoms with Crippen molar-refractivity contribution in [3.05, 3.63) is 81.0 Å². The van der Waals surface area contributed by atoms with Gasteiger partial charge in [-0.25, -0.2) is 4.98 Å². The zero-order valence-corrected chi connectivity index (χ0v) is 24.6. The van der Waals surface area contributed by atoms with Crippen molar-refractivity contribution in [2.24, 2.45) is 11.3 Å². The molecule has 2 heterocycles. The van der Waals surface area contributed by atoms with Crippen LogP contribution in [0.5, 0.6) is 5.75 Å². The van der Waals surface area contributed by atoms with Crippen molar-refractivity contribution in [3.8, 4) is 5.75 Å². The predicted octanol–water partition coefficient (Wildman–Crippen LogP) is 6.79. The number of nitrogens with one attached hydrogen (secondary N) is 1. The third kappa shape index (κ3) is 5.92.